The predicted octanol–water partition coefficient (Wildman–Crippen LogP) is 2.69. The summed E-state index contributed by atoms with van der Waals surface area (Å²) in [6.07, 6.45) is 5.46. The summed E-state index contributed by atoms with van der Waals surface area (Å²) < 4.78 is 0. The molecule has 2 fully saturated rings. The van der Waals surface area contributed by atoms with Gasteiger partial charge >= 0.3 is 0 Å². The van der Waals surface area contributed by atoms with E-state index in [9.17, 15) is 4.79 Å². The second-order valence-electron chi connectivity index (χ2n) is 7.53. The lowest BCUT2D eigenvalue weighted by molar-refractivity contribution is -0.133. The van der Waals surface area contributed by atoms with Gasteiger partial charge in [0.25, 0.3) is 0 Å². The minimum Gasteiger partial charge on any atom is -0.353 e. The largest absolute Gasteiger partial charge is 0.353 e. The molecule has 5 unspecified atom stereocenters. The van der Waals surface area contributed by atoms with Crippen molar-refractivity contribution < 1.29 is 4.79 Å². The van der Waals surface area contributed by atoms with E-state index in [2.05, 4.69) is 33.0 Å². The summed E-state index contributed by atoms with van der Waals surface area (Å²) in [5.41, 5.74) is 6.17. The van der Waals surface area contributed by atoms with E-state index in [4.69, 9.17) is 5.73 Å². The maximum Gasteiger partial charge on any atom is 0.223 e. The first-order valence-corrected chi connectivity index (χ1v) is 7.88. The highest BCUT2D eigenvalue weighted by Gasteiger charge is 2.45. The van der Waals surface area contributed by atoms with Crippen LogP contribution in [0.5, 0.6) is 0 Å². The molecule has 0 aromatic rings. The van der Waals surface area contributed by atoms with Crippen LogP contribution in [0, 0.1) is 23.2 Å². The van der Waals surface area contributed by atoms with E-state index in [1.807, 2.05) is 0 Å². The van der Waals surface area contributed by atoms with E-state index in [-0.39, 0.29) is 23.3 Å². The molecule has 0 aliphatic heterocycles. The lowest BCUT2D eigenvalue weighted by Gasteiger charge is -2.46. The third-order valence-corrected chi connectivity index (χ3v) is 5.86. The Bertz CT molecular complexity index is 340. The Kier molecular flexibility index (Phi) is 4.24. The van der Waals surface area contributed by atoms with Crippen molar-refractivity contribution in [3.8, 4) is 0 Å². The van der Waals surface area contributed by atoms with E-state index in [1.165, 1.54) is 6.42 Å². The van der Waals surface area contributed by atoms with E-state index in [0.29, 0.717) is 12.0 Å². The van der Waals surface area contributed by atoms with Crippen LogP contribution in [0.1, 0.15) is 59.8 Å². The Labute approximate surface area is 117 Å². The fourth-order valence-corrected chi connectivity index (χ4v) is 3.96. The van der Waals surface area contributed by atoms with Crippen LogP contribution in [0.15, 0.2) is 0 Å². The Balaban J connectivity index is 1.98. The molecule has 0 spiro atoms. The molecule has 5 atom stereocenters. The molecule has 2 saturated carbocycles. The Morgan fingerprint density at radius 1 is 1.16 bits per heavy atom. The monoisotopic (exact) mass is 266 g/mol. The minimum atomic E-state index is 0.00592. The molecule has 2 aliphatic rings. The molecule has 3 nitrogen and oxygen atoms in total. The molecule has 1 amide bonds. The van der Waals surface area contributed by atoms with Gasteiger partial charge in [-0.05, 0) is 49.4 Å². The summed E-state index contributed by atoms with van der Waals surface area (Å²) in [5, 5.41) is 3.29. The second-order valence-corrected chi connectivity index (χ2v) is 7.53. The average molecular weight is 266 g/mol. The van der Waals surface area contributed by atoms with Gasteiger partial charge in [0.1, 0.15) is 0 Å². The maximum absolute atomic E-state index is 12.6. The third-order valence-electron chi connectivity index (χ3n) is 5.86. The van der Waals surface area contributed by atoms with Gasteiger partial charge in [-0.3, -0.25) is 4.79 Å². The smallest absolute Gasteiger partial charge is 0.223 e. The molecule has 3 N–H and O–H groups in total. The number of carbonyl (C=O) groups excluding carboxylic acids is 1. The maximum atomic E-state index is 12.6. The molecule has 0 saturated heterocycles. The molecule has 2 aliphatic carbocycles. The van der Waals surface area contributed by atoms with Crippen LogP contribution < -0.4 is 11.1 Å². The van der Waals surface area contributed by atoms with Gasteiger partial charge in [0.2, 0.25) is 5.91 Å². The number of rotatable bonds is 2. The normalized spacial score (nSPS) is 42.1. The van der Waals surface area contributed by atoms with Gasteiger partial charge in [-0.15, -0.1) is 0 Å². The summed E-state index contributed by atoms with van der Waals surface area (Å²) >= 11 is 0. The van der Waals surface area contributed by atoms with E-state index >= 15 is 0 Å². The fourth-order valence-electron chi connectivity index (χ4n) is 3.96. The number of hydrogen-bond acceptors (Lipinski definition) is 2. The van der Waals surface area contributed by atoms with Crippen molar-refractivity contribution in [1.29, 1.82) is 0 Å². The second kappa shape index (κ2) is 5.43. The molecule has 0 aromatic carbocycles. The van der Waals surface area contributed by atoms with E-state index in [0.717, 1.165) is 31.6 Å². The van der Waals surface area contributed by atoms with Crippen molar-refractivity contribution in [3.05, 3.63) is 0 Å². The average Bonchev–Trinajstić information content (AvgIpc) is 2.71. The molecule has 2 rings (SSSR count). The van der Waals surface area contributed by atoms with Crippen LogP contribution in [-0.2, 0) is 4.79 Å². The lowest BCUT2D eigenvalue weighted by Crippen LogP contribution is -2.52. The van der Waals surface area contributed by atoms with Gasteiger partial charge < -0.3 is 11.1 Å². The minimum absolute atomic E-state index is 0.00592. The molecule has 110 valence electrons. The Morgan fingerprint density at radius 3 is 2.42 bits per heavy atom. The topological polar surface area (TPSA) is 55.1 Å². The van der Waals surface area contributed by atoms with Crippen LogP contribution in [0.2, 0.25) is 0 Å². The summed E-state index contributed by atoms with van der Waals surface area (Å²) in [6, 6.07) is 0.648. The van der Waals surface area contributed by atoms with Crippen LogP contribution in [-0.4, -0.2) is 18.0 Å². The van der Waals surface area contributed by atoms with E-state index in [1.54, 1.807) is 0 Å². The molecule has 3 heteroatoms. The zero-order valence-electron chi connectivity index (χ0n) is 12.9. The summed E-state index contributed by atoms with van der Waals surface area (Å²) in [5.74, 6) is 1.55. The third kappa shape index (κ3) is 2.96. The molecule has 19 heavy (non-hydrogen) atoms. The van der Waals surface area contributed by atoms with Crippen molar-refractivity contribution in [3.63, 3.8) is 0 Å². The van der Waals surface area contributed by atoms with Crippen molar-refractivity contribution >= 4 is 5.91 Å². The fraction of sp³-hybridized carbons (Fsp3) is 0.938. The number of nitrogens with one attached hydrogen (secondary N) is 1. The van der Waals surface area contributed by atoms with E-state index < -0.39 is 0 Å². The highest BCUT2D eigenvalue weighted by Crippen LogP contribution is 2.44. The van der Waals surface area contributed by atoms with Crippen molar-refractivity contribution in [2.24, 2.45) is 28.9 Å². The highest BCUT2D eigenvalue weighted by atomic mass is 16.2. The lowest BCUT2D eigenvalue weighted by atomic mass is 9.61. The molecule has 0 bridgehead atoms. The predicted molar refractivity (Wildman–Crippen MR) is 78.6 cm³/mol. The first-order valence-electron chi connectivity index (χ1n) is 7.88. The van der Waals surface area contributed by atoms with Crippen LogP contribution in [0.25, 0.3) is 0 Å². The molecule has 0 heterocycles. The Morgan fingerprint density at radius 2 is 1.84 bits per heavy atom. The highest BCUT2D eigenvalue weighted by molar-refractivity contribution is 5.80. The van der Waals surface area contributed by atoms with Crippen molar-refractivity contribution in [1.82, 2.24) is 5.32 Å². The SMILES string of the molecule is CC1CCC(NC(=O)C2CCC(N)C(C)C2(C)C)C1. The standard InChI is InChI=1S/C16H30N2O/c1-10-5-6-12(9-10)18-15(19)13-7-8-14(17)11(2)16(13,3)4/h10-14H,5-9,17H2,1-4H3,(H,18,19). The quantitative estimate of drug-likeness (QED) is 0.807. The molecular weight excluding hydrogens is 236 g/mol. The summed E-state index contributed by atoms with van der Waals surface area (Å²) in [7, 11) is 0. The zero-order valence-corrected chi connectivity index (χ0v) is 12.9. The van der Waals surface area contributed by atoms with Gasteiger partial charge in [0.05, 0.1) is 0 Å². The number of nitrogens with two attached hydrogens (primary N) is 1. The molecule has 0 radical (unpaired) electrons. The summed E-state index contributed by atoms with van der Waals surface area (Å²) in [6.45, 7) is 8.88. The molecule has 0 aromatic heterocycles. The van der Waals surface area contributed by atoms with Gasteiger partial charge in [-0.25, -0.2) is 0 Å². The van der Waals surface area contributed by atoms with Gasteiger partial charge in [-0.2, -0.15) is 0 Å². The number of amides is 1. The first kappa shape index (κ1) is 14.8. The summed E-state index contributed by atoms with van der Waals surface area (Å²) in [4.78, 5) is 12.6. The number of hydrogen-bond donors (Lipinski definition) is 2. The van der Waals surface area contributed by atoms with Crippen molar-refractivity contribution in [2.75, 3.05) is 0 Å². The van der Waals surface area contributed by atoms with Crippen molar-refractivity contribution in [2.45, 2.75) is 71.9 Å². The van der Waals surface area contributed by atoms with Crippen LogP contribution >= 0.6 is 0 Å². The van der Waals surface area contributed by atoms with Gasteiger partial charge in [0.15, 0.2) is 0 Å². The number of carbonyl (C=O) groups is 1. The zero-order chi connectivity index (χ0) is 14.2. The van der Waals surface area contributed by atoms with Gasteiger partial charge in [-0.1, -0.05) is 27.7 Å². The van der Waals surface area contributed by atoms with Gasteiger partial charge in [0, 0.05) is 18.0 Å². The Hall–Kier alpha value is -0.570. The first-order chi connectivity index (χ1) is 8.82. The van der Waals surface area contributed by atoms with Crippen LogP contribution in [0.3, 0.4) is 0 Å². The van der Waals surface area contributed by atoms with Crippen LogP contribution in [0.4, 0.5) is 0 Å². The molecular formula is C16H30N2O.